The Hall–Kier alpha value is -3.57. The van der Waals surface area contributed by atoms with E-state index in [2.05, 4.69) is 80.2 Å². The van der Waals surface area contributed by atoms with Crippen LogP contribution in [0.15, 0.2) is 58.3 Å². The predicted octanol–water partition coefficient (Wildman–Crippen LogP) is 14.3. The van der Waals surface area contributed by atoms with Crippen molar-refractivity contribution in [3.8, 4) is 6.07 Å². The largest absolute Gasteiger partial charge is 0.478 e. The minimum absolute atomic E-state index is 0.0764. The monoisotopic (exact) mass is 778 g/mol. The molecule has 1 aliphatic carbocycles. The minimum Gasteiger partial charge on any atom is -0.478 e. The van der Waals surface area contributed by atoms with Gasteiger partial charge >= 0.3 is 0 Å². The summed E-state index contributed by atoms with van der Waals surface area (Å²) in [5, 5.41) is 10.8. The fourth-order valence-corrected chi connectivity index (χ4v) is 8.14. The van der Waals surface area contributed by atoms with Gasteiger partial charge in [0.2, 0.25) is 5.88 Å². The van der Waals surface area contributed by atoms with E-state index in [-0.39, 0.29) is 17.7 Å². The molecule has 1 heterocycles. The van der Waals surface area contributed by atoms with Gasteiger partial charge in [0, 0.05) is 46.1 Å². The van der Waals surface area contributed by atoms with Crippen molar-refractivity contribution in [1.29, 1.82) is 5.26 Å². The number of Topliss-reactive ketones (excluding diaryl/α,β-unsaturated/α-hetero) is 1. The maximum atomic E-state index is 16.7. The molecule has 0 saturated carbocycles. The number of nitriles is 1. The highest BCUT2D eigenvalue weighted by molar-refractivity contribution is 7.19. The average Bonchev–Trinajstić information content (AvgIpc) is 3.56. The van der Waals surface area contributed by atoms with Crippen LogP contribution in [0.4, 0.5) is 8.78 Å². The molecular weight excluding hydrogens is 709 g/mol. The number of halogens is 2. The lowest BCUT2D eigenvalue weighted by molar-refractivity contribution is -0.116. The normalized spacial score (nSPS) is 17.1. The number of carbonyl (C=O) groups excluding carboxylic acids is 1. The van der Waals surface area contributed by atoms with Crippen LogP contribution >= 0.6 is 11.3 Å². The van der Waals surface area contributed by atoms with E-state index in [0.717, 1.165) is 62.1 Å². The number of carbonyl (C=O) groups is 1. The predicted molar refractivity (Wildman–Crippen MR) is 232 cm³/mol. The molecule has 2 aromatic rings. The molecule has 3 rings (SSSR count). The molecule has 0 fully saturated rings. The summed E-state index contributed by atoms with van der Waals surface area (Å²) in [6.07, 6.45) is 13.0. The van der Waals surface area contributed by atoms with Crippen LogP contribution in [0.3, 0.4) is 0 Å². The van der Waals surface area contributed by atoms with Gasteiger partial charge in [0.15, 0.2) is 0 Å². The summed E-state index contributed by atoms with van der Waals surface area (Å²) in [5.41, 5.74) is 3.49. The number of thiophene rings is 1. The van der Waals surface area contributed by atoms with Crippen LogP contribution in [0.5, 0.6) is 0 Å². The summed E-state index contributed by atoms with van der Waals surface area (Å²) in [4.78, 5) is 18.2. The Morgan fingerprint density at radius 3 is 2.16 bits per heavy atom. The molecular formula is C47H69F2N3O2S. The second-order valence-corrected chi connectivity index (χ2v) is 16.6. The van der Waals surface area contributed by atoms with E-state index in [4.69, 9.17) is 9.73 Å². The molecule has 0 spiro atoms. The zero-order valence-corrected chi connectivity index (χ0v) is 37.0. The first-order valence-electron chi connectivity index (χ1n) is 20.8. The number of allylic oxidation sites excluding steroid dienone is 7. The molecule has 0 saturated heterocycles. The molecule has 0 N–H and O–H groups in total. The summed E-state index contributed by atoms with van der Waals surface area (Å²) in [6.45, 7) is 28.6. The number of ether oxygens (including phenoxy) is 1. The number of hydrogen-bond acceptors (Lipinski definition) is 6. The molecule has 0 aliphatic heterocycles. The Morgan fingerprint density at radius 1 is 0.964 bits per heavy atom. The van der Waals surface area contributed by atoms with Crippen molar-refractivity contribution >= 4 is 38.5 Å². The molecule has 4 unspecified atom stereocenters. The molecule has 0 radical (unpaired) electrons. The third-order valence-corrected chi connectivity index (χ3v) is 12.2. The first-order valence-corrected chi connectivity index (χ1v) is 21.6. The molecule has 4 atom stereocenters. The van der Waals surface area contributed by atoms with Crippen molar-refractivity contribution < 1.29 is 18.3 Å². The van der Waals surface area contributed by atoms with E-state index in [9.17, 15) is 10.1 Å². The van der Waals surface area contributed by atoms with Crippen molar-refractivity contribution in [2.45, 2.75) is 153 Å². The second-order valence-electron chi connectivity index (χ2n) is 15.5. The van der Waals surface area contributed by atoms with Gasteiger partial charge in [-0.25, -0.2) is 13.8 Å². The molecule has 304 valence electrons. The highest BCUT2D eigenvalue weighted by Crippen LogP contribution is 2.44. The van der Waals surface area contributed by atoms with E-state index >= 15 is 8.78 Å². The summed E-state index contributed by atoms with van der Waals surface area (Å²) in [7, 11) is 0. The van der Waals surface area contributed by atoms with Gasteiger partial charge in [-0.3, -0.25) is 0 Å². The average molecular weight is 778 g/mol. The molecule has 0 amide bonds. The fraction of sp³-hybridized carbons (Fsp3) is 0.596. The lowest BCUT2D eigenvalue weighted by atomic mass is 9.88. The van der Waals surface area contributed by atoms with Gasteiger partial charge in [-0.15, -0.1) is 11.3 Å². The number of benzene rings is 1. The standard InChI is InChI=1S/C43H61F2N3OS.C4H8O/c1-12-17-29(9)26-49-40(18-13-2)47-38-24-34(32-20-21-36(44)43-41(32)35(25-46)42(50-43)30(10)15-4)37(45)23-33(38)31(11)48(16-5)39(27(6)7)22-19-28(8)14-3;1-3-4(2)5/h18,20-21,23-24,27-30,39H,12-17,19,22,26H2,1-11H3;3H2,1-2H3/b33-31+,40-18-,47-38-;. The van der Waals surface area contributed by atoms with Crippen molar-refractivity contribution in [2.24, 2.45) is 22.7 Å². The number of fused-ring (bicyclic) bond motifs is 1. The SMILES string of the molecule is CC/C=C(/N=C1/C=C(c2ccc(F)c3sc(C(C)CC)c(C#N)c23)C(F)=C/C1=C(/C)N(CC)C(CCC(C)CC)C(C)C)OCC(C)CCC.CCC(C)=O. The Morgan fingerprint density at radius 2 is 1.64 bits per heavy atom. The van der Waals surface area contributed by atoms with E-state index in [0.29, 0.717) is 74.7 Å². The molecule has 8 heteroatoms. The highest BCUT2D eigenvalue weighted by atomic mass is 32.1. The number of aliphatic imine (C=N–C) groups is 1. The number of ketones is 1. The van der Waals surface area contributed by atoms with Crippen molar-refractivity contribution in [1.82, 2.24) is 4.90 Å². The maximum Gasteiger partial charge on any atom is 0.209 e. The molecule has 5 nitrogen and oxygen atoms in total. The van der Waals surface area contributed by atoms with Crippen molar-refractivity contribution in [3.63, 3.8) is 0 Å². The van der Waals surface area contributed by atoms with Gasteiger partial charge in [-0.2, -0.15) is 5.26 Å². The summed E-state index contributed by atoms with van der Waals surface area (Å²) in [5.74, 6) is 1.42. The van der Waals surface area contributed by atoms with E-state index < -0.39 is 11.6 Å². The van der Waals surface area contributed by atoms with Crippen LogP contribution in [-0.4, -0.2) is 35.6 Å². The minimum atomic E-state index is -0.429. The smallest absolute Gasteiger partial charge is 0.209 e. The third-order valence-electron chi connectivity index (χ3n) is 10.8. The molecule has 1 aliphatic rings. The molecule has 55 heavy (non-hydrogen) atoms. The van der Waals surface area contributed by atoms with Crippen LogP contribution in [0, 0.1) is 34.9 Å². The lowest BCUT2D eigenvalue weighted by Crippen LogP contribution is -2.39. The van der Waals surface area contributed by atoms with Crippen molar-refractivity contribution in [2.75, 3.05) is 13.2 Å². The van der Waals surface area contributed by atoms with E-state index in [1.54, 1.807) is 25.1 Å². The molecule has 0 bridgehead atoms. The van der Waals surface area contributed by atoms with Crippen LogP contribution in [0.2, 0.25) is 0 Å². The van der Waals surface area contributed by atoms with Gasteiger partial charge in [-0.05, 0) is 106 Å². The van der Waals surface area contributed by atoms with Gasteiger partial charge in [-0.1, -0.05) is 88.1 Å². The van der Waals surface area contributed by atoms with Gasteiger partial charge in [0.1, 0.15) is 23.5 Å². The van der Waals surface area contributed by atoms with Crippen LogP contribution in [0.25, 0.3) is 15.7 Å². The van der Waals surface area contributed by atoms with E-state index in [1.807, 2.05) is 19.9 Å². The summed E-state index contributed by atoms with van der Waals surface area (Å²) >= 11 is 1.30. The second kappa shape index (κ2) is 23.5. The van der Waals surface area contributed by atoms with Crippen LogP contribution in [-0.2, 0) is 9.53 Å². The topological polar surface area (TPSA) is 65.7 Å². The van der Waals surface area contributed by atoms with Gasteiger partial charge < -0.3 is 14.4 Å². The summed E-state index contributed by atoms with van der Waals surface area (Å²) in [6, 6.07) is 5.63. The summed E-state index contributed by atoms with van der Waals surface area (Å²) < 4.78 is 38.8. The zero-order chi connectivity index (χ0) is 41.4. The molecule has 1 aromatic heterocycles. The quantitative estimate of drug-likeness (QED) is 0.133. The Balaban J connectivity index is 0.00000196. The lowest BCUT2D eigenvalue weighted by Gasteiger charge is -2.38. The Bertz CT molecular complexity index is 1770. The number of rotatable bonds is 19. The first kappa shape index (κ1) is 47.6. The Kier molecular flexibility index (Phi) is 20.3. The Labute approximate surface area is 336 Å². The van der Waals surface area contributed by atoms with Crippen LogP contribution in [0.1, 0.15) is 163 Å². The number of hydrogen-bond donors (Lipinski definition) is 0. The third kappa shape index (κ3) is 13.0. The fourth-order valence-electron chi connectivity index (χ4n) is 6.83. The van der Waals surface area contributed by atoms with Crippen molar-refractivity contribution in [3.05, 3.63) is 75.2 Å². The van der Waals surface area contributed by atoms with E-state index in [1.165, 1.54) is 17.4 Å². The van der Waals surface area contributed by atoms with Gasteiger partial charge in [0.05, 0.1) is 22.6 Å². The van der Waals surface area contributed by atoms with Gasteiger partial charge in [0.25, 0.3) is 0 Å². The molecule has 1 aromatic carbocycles. The maximum absolute atomic E-state index is 16.7. The first-order chi connectivity index (χ1) is 26.1. The zero-order valence-electron chi connectivity index (χ0n) is 36.2. The highest BCUT2D eigenvalue weighted by Gasteiger charge is 2.29. The van der Waals surface area contributed by atoms with Crippen LogP contribution < -0.4 is 0 Å². The number of nitrogens with zero attached hydrogens (tertiary/aromatic N) is 3.